The van der Waals surface area contributed by atoms with Crippen LogP contribution in [0.5, 0.6) is 0 Å². The highest BCUT2D eigenvalue weighted by atomic mass is 35.7. The summed E-state index contributed by atoms with van der Waals surface area (Å²) in [7, 11) is 1.31. The van der Waals surface area contributed by atoms with Crippen molar-refractivity contribution in [3.8, 4) is 0 Å². The number of ether oxygens (including phenoxy) is 1. The fraction of sp³-hybridized carbons (Fsp3) is 1.00. The maximum Gasteiger partial charge on any atom is 0.229 e. The smallest absolute Gasteiger partial charge is 0.229 e. The molecule has 0 fully saturated rings. The van der Waals surface area contributed by atoms with E-state index in [2.05, 4.69) is 10.7 Å². The second kappa shape index (κ2) is 7.31. The first-order chi connectivity index (χ1) is 4.41. The lowest BCUT2D eigenvalue weighted by atomic mass is 10.8. The standard InChI is InChI=1S/C4H10O.CH3ClO2S/c1-3-5-4-2;1-5(2,3)4/h3-4H2,1-2H3;1H3. The molecular weight excluding hydrogens is 176 g/mol. The van der Waals surface area contributed by atoms with Crippen molar-refractivity contribution in [3.05, 3.63) is 0 Å². The third-order valence-electron chi connectivity index (χ3n) is 0.408. The van der Waals surface area contributed by atoms with E-state index in [0.717, 1.165) is 19.5 Å². The molecule has 5 heteroatoms. The number of hydrogen-bond donors (Lipinski definition) is 0. The molecule has 0 N–H and O–H groups in total. The monoisotopic (exact) mass is 188 g/mol. The van der Waals surface area contributed by atoms with Crippen LogP contribution in [0.2, 0.25) is 0 Å². The fourth-order valence-corrected chi connectivity index (χ4v) is 0.204. The average molecular weight is 189 g/mol. The molecule has 0 aromatic heterocycles. The third kappa shape index (κ3) is 87.8. The van der Waals surface area contributed by atoms with E-state index in [0.29, 0.717) is 0 Å². The summed E-state index contributed by atoms with van der Waals surface area (Å²) in [6.07, 6.45) is 0.925. The van der Waals surface area contributed by atoms with Crippen molar-refractivity contribution < 1.29 is 13.2 Å². The molecule has 0 aromatic carbocycles. The largest absolute Gasteiger partial charge is 0.382 e. The lowest BCUT2D eigenvalue weighted by Crippen LogP contribution is -1.84. The molecule has 0 unspecified atom stereocenters. The van der Waals surface area contributed by atoms with E-state index in [-0.39, 0.29) is 0 Å². The van der Waals surface area contributed by atoms with Crippen molar-refractivity contribution in [3.63, 3.8) is 0 Å². The zero-order valence-corrected chi connectivity index (χ0v) is 8.00. The minimum atomic E-state index is -3.19. The average Bonchev–Trinajstić information content (AvgIpc) is 1.63. The topological polar surface area (TPSA) is 43.4 Å². The summed E-state index contributed by atoms with van der Waals surface area (Å²) < 4.78 is 23.6. The van der Waals surface area contributed by atoms with Crippen LogP contribution in [-0.4, -0.2) is 27.9 Å². The van der Waals surface area contributed by atoms with Crippen molar-refractivity contribution in [1.29, 1.82) is 0 Å². The Kier molecular flexibility index (Phi) is 9.38. The number of hydrogen-bond acceptors (Lipinski definition) is 3. The quantitative estimate of drug-likeness (QED) is 0.613. The molecule has 0 saturated carbocycles. The van der Waals surface area contributed by atoms with Crippen molar-refractivity contribution in [2.45, 2.75) is 13.8 Å². The Morgan fingerprint density at radius 1 is 1.30 bits per heavy atom. The molecular formula is C5H13ClO3S. The molecule has 0 aliphatic heterocycles. The van der Waals surface area contributed by atoms with Crippen LogP contribution in [0.1, 0.15) is 13.8 Å². The van der Waals surface area contributed by atoms with Gasteiger partial charge in [-0.25, -0.2) is 8.42 Å². The van der Waals surface area contributed by atoms with E-state index in [1.165, 1.54) is 0 Å². The first kappa shape index (κ1) is 12.8. The molecule has 0 atom stereocenters. The Hall–Kier alpha value is 0.200. The maximum absolute atomic E-state index is 9.40. The highest BCUT2D eigenvalue weighted by Gasteiger charge is 1.83. The summed E-state index contributed by atoms with van der Waals surface area (Å²) in [4.78, 5) is 0. The van der Waals surface area contributed by atoms with E-state index < -0.39 is 9.05 Å². The van der Waals surface area contributed by atoms with Crippen LogP contribution in [0.3, 0.4) is 0 Å². The Bertz CT molecular complexity index is 131. The van der Waals surface area contributed by atoms with Gasteiger partial charge in [0.05, 0.1) is 6.26 Å². The van der Waals surface area contributed by atoms with Crippen LogP contribution in [0.4, 0.5) is 0 Å². The molecule has 0 aliphatic rings. The van der Waals surface area contributed by atoms with Gasteiger partial charge in [0.1, 0.15) is 0 Å². The van der Waals surface area contributed by atoms with Crippen molar-refractivity contribution in [2.24, 2.45) is 0 Å². The Labute approximate surface area is 66.8 Å². The zero-order chi connectivity index (χ0) is 8.62. The molecule has 0 bridgehead atoms. The van der Waals surface area contributed by atoms with Gasteiger partial charge < -0.3 is 4.74 Å². The van der Waals surface area contributed by atoms with Crippen molar-refractivity contribution >= 4 is 19.7 Å². The Morgan fingerprint density at radius 3 is 1.50 bits per heavy atom. The van der Waals surface area contributed by atoms with E-state index in [1.54, 1.807) is 0 Å². The van der Waals surface area contributed by atoms with Gasteiger partial charge in [-0.1, -0.05) is 0 Å². The summed E-state index contributed by atoms with van der Waals surface area (Å²) in [6, 6.07) is 0. The van der Waals surface area contributed by atoms with Gasteiger partial charge in [-0.15, -0.1) is 0 Å². The minimum Gasteiger partial charge on any atom is -0.382 e. The second-order valence-electron chi connectivity index (χ2n) is 1.46. The van der Waals surface area contributed by atoms with Gasteiger partial charge in [-0.2, -0.15) is 0 Å². The highest BCUT2D eigenvalue weighted by Crippen LogP contribution is 1.83. The van der Waals surface area contributed by atoms with Gasteiger partial charge in [0.2, 0.25) is 9.05 Å². The van der Waals surface area contributed by atoms with Gasteiger partial charge in [0.15, 0.2) is 0 Å². The highest BCUT2D eigenvalue weighted by molar-refractivity contribution is 8.13. The summed E-state index contributed by atoms with van der Waals surface area (Å²) >= 11 is 0. The van der Waals surface area contributed by atoms with E-state index >= 15 is 0 Å². The molecule has 0 saturated heterocycles. The molecule has 0 aromatic rings. The van der Waals surface area contributed by atoms with Gasteiger partial charge in [-0.3, -0.25) is 0 Å². The van der Waals surface area contributed by atoms with Crippen LogP contribution in [0, 0.1) is 0 Å². The Balaban J connectivity index is 0. The molecule has 0 amide bonds. The summed E-state index contributed by atoms with van der Waals surface area (Å²) in [5, 5.41) is 0. The molecule has 0 radical (unpaired) electrons. The molecule has 10 heavy (non-hydrogen) atoms. The lowest BCUT2D eigenvalue weighted by Gasteiger charge is -1.86. The van der Waals surface area contributed by atoms with Crippen LogP contribution >= 0.6 is 10.7 Å². The second-order valence-corrected chi connectivity index (χ2v) is 4.51. The SMILES string of the molecule is CCOCC.CS(=O)(=O)Cl. The number of rotatable bonds is 2. The minimum absolute atomic E-state index is 0.844. The molecule has 0 aliphatic carbocycles. The molecule has 0 rings (SSSR count). The van der Waals surface area contributed by atoms with E-state index in [4.69, 9.17) is 4.74 Å². The molecule has 0 spiro atoms. The van der Waals surface area contributed by atoms with Gasteiger partial charge in [-0.05, 0) is 13.8 Å². The number of halogens is 1. The predicted octanol–water partition coefficient (Wildman–Crippen LogP) is 1.23. The van der Waals surface area contributed by atoms with E-state index in [9.17, 15) is 8.42 Å². The van der Waals surface area contributed by atoms with Crippen molar-refractivity contribution in [1.82, 2.24) is 0 Å². The molecule has 0 heterocycles. The molecule has 3 nitrogen and oxygen atoms in total. The first-order valence-corrected chi connectivity index (χ1v) is 5.61. The maximum atomic E-state index is 9.40. The van der Waals surface area contributed by atoms with Crippen LogP contribution in [0.15, 0.2) is 0 Å². The summed E-state index contributed by atoms with van der Waals surface area (Å²) in [6.45, 7) is 5.67. The van der Waals surface area contributed by atoms with Crippen LogP contribution < -0.4 is 0 Å². The van der Waals surface area contributed by atoms with Crippen LogP contribution in [-0.2, 0) is 13.8 Å². The summed E-state index contributed by atoms with van der Waals surface area (Å²) in [5.74, 6) is 0. The summed E-state index contributed by atoms with van der Waals surface area (Å²) in [5.41, 5.74) is 0. The van der Waals surface area contributed by atoms with Gasteiger partial charge in [0, 0.05) is 23.9 Å². The predicted molar refractivity (Wildman–Crippen MR) is 42.9 cm³/mol. The van der Waals surface area contributed by atoms with Gasteiger partial charge in [0.25, 0.3) is 0 Å². The Morgan fingerprint density at radius 2 is 1.50 bits per heavy atom. The van der Waals surface area contributed by atoms with Crippen LogP contribution in [0.25, 0.3) is 0 Å². The zero-order valence-electron chi connectivity index (χ0n) is 6.43. The fourth-order valence-electron chi connectivity index (χ4n) is 0.204. The van der Waals surface area contributed by atoms with Crippen molar-refractivity contribution in [2.75, 3.05) is 19.5 Å². The first-order valence-electron chi connectivity index (χ1n) is 2.89. The van der Waals surface area contributed by atoms with Gasteiger partial charge >= 0.3 is 0 Å². The normalized spacial score (nSPS) is 10.0. The third-order valence-corrected chi connectivity index (χ3v) is 0.408. The van der Waals surface area contributed by atoms with E-state index in [1.807, 2.05) is 13.8 Å². The molecule has 64 valence electrons. The lowest BCUT2D eigenvalue weighted by molar-refractivity contribution is 0.162.